The van der Waals surface area contributed by atoms with Crippen LogP contribution in [0.3, 0.4) is 0 Å². The van der Waals surface area contributed by atoms with Gasteiger partial charge in [0.2, 0.25) is 0 Å². The summed E-state index contributed by atoms with van der Waals surface area (Å²) in [6, 6.07) is 11.8. The van der Waals surface area contributed by atoms with Crippen molar-refractivity contribution in [3.05, 3.63) is 46.4 Å². The zero-order valence-electron chi connectivity index (χ0n) is 18.1. The average Bonchev–Trinajstić information content (AvgIpc) is 2.74. The molecular formula is C26H32Cl2O2. The Morgan fingerprint density at radius 2 is 1.03 bits per heavy atom. The lowest BCUT2D eigenvalue weighted by atomic mass is 10.00. The van der Waals surface area contributed by atoms with Gasteiger partial charge in [-0.3, -0.25) is 0 Å². The molecule has 0 atom stereocenters. The minimum Gasteiger partial charge on any atom is -0.492 e. The van der Waals surface area contributed by atoms with Crippen LogP contribution in [-0.4, -0.2) is 13.2 Å². The number of hydrogen-bond donors (Lipinski definition) is 0. The van der Waals surface area contributed by atoms with Crippen LogP contribution in [0.25, 0.3) is 21.5 Å². The van der Waals surface area contributed by atoms with Gasteiger partial charge >= 0.3 is 0 Å². The summed E-state index contributed by atoms with van der Waals surface area (Å²) >= 11 is 13.3. The predicted octanol–water partition coefficient (Wildman–Crippen LogP) is 9.22. The highest BCUT2D eigenvalue weighted by Crippen LogP contribution is 2.47. The molecule has 3 rings (SSSR count). The Bertz CT molecular complexity index is 889. The number of benzene rings is 3. The van der Waals surface area contributed by atoms with Crippen LogP contribution in [-0.2, 0) is 0 Å². The fraction of sp³-hybridized carbons (Fsp3) is 0.462. The molecule has 3 aromatic rings. The molecule has 4 heteroatoms. The quantitative estimate of drug-likeness (QED) is 0.203. The molecule has 0 spiro atoms. The first-order valence-electron chi connectivity index (χ1n) is 11.3. The lowest BCUT2D eigenvalue weighted by Gasteiger charge is -2.19. The van der Waals surface area contributed by atoms with Crippen LogP contribution in [0.1, 0.15) is 65.2 Å². The fourth-order valence-corrected chi connectivity index (χ4v) is 4.38. The molecule has 0 radical (unpaired) electrons. The maximum atomic E-state index is 6.67. The van der Waals surface area contributed by atoms with Gasteiger partial charge in [0.1, 0.15) is 11.5 Å². The first-order valence-corrected chi connectivity index (χ1v) is 12.0. The Balaban J connectivity index is 2.04. The molecule has 3 aromatic carbocycles. The highest BCUT2D eigenvalue weighted by Gasteiger charge is 2.20. The summed E-state index contributed by atoms with van der Waals surface area (Å²) in [7, 11) is 0. The molecule has 0 aliphatic rings. The van der Waals surface area contributed by atoms with Crippen LogP contribution < -0.4 is 9.47 Å². The van der Waals surface area contributed by atoms with Crippen molar-refractivity contribution in [2.75, 3.05) is 13.2 Å². The van der Waals surface area contributed by atoms with E-state index in [1.807, 2.05) is 24.3 Å². The zero-order chi connectivity index (χ0) is 21.3. The molecule has 0 N–H and O–H groups in total. The molecule has 0 aromatic heterocycles. The van der Waals surface area contributed by atoms with Crippen LogP contribution in [0.15, 0.2) is 36.4 Å². The van der Waals surface area contributed by atoms with Gasteiger partial charge in [-0.1, -0.05) is 99.8 Å². The second-order valence-corrected chi connectivity index (χ2v) is 8.62. The number of hydrogen-bond acceptors (Lipinski definition) is 2. The van der Waals surface area contributed by atoms with Gasteiger partial charge in [0, 0.05) is 21.5 Å². The number of ether oxygens (including phenoxy) is 2. The van der Waals surface area contributed by atoms with E-state index in [9.17, 15) is 0 Å². The van der Waals surface area contributed by atoms with Crippen LogP contribution in [0.2, 0.25) is 10.0 Å². The maximum Gasteiger partial charge on any atom is 0.136 e. The largest absolute Gasteiger partial charge is 0.492 e. The highest BCUT2D eigenvalue weighted by molar-refractivity contribution is 6.40. The maximum absolute atomic E-state index is 6.67. The monoisotopic (exact) mass is 446 g/mol. The first kappa shape index (κ1) is 23.0. The van der Waals surface area contributed by atoms with Crippen LogP contribution in [0.4, 0.5) is 0 Å². The van der Waals surface area contributed by atoms with E-state index >= 15 is 0 Å². The smallest absolute Gasteiger partial charge is 0.136 e. The van der Waals surface area contributed by atoms with Crippen molar-refractivity contribution in [2.24, 2.45) is 0 Å². The molecular weight excluding hydrogens is 415 g/mol. The van der Waals surface area contributed by atoms with Crippen LogP contribution >= 0.6 is 23.2 Å². The molecule has 0 amide bonds. The average molecular weight is 447 g/mol. The van der Waals surface area contributed by atoms with Gasteiger partial charge in [0.05, 0.1) is 23.3 Å². The SMILES string of the molecule is CCCCCCOc1c2cccc(Cl)c2c(OCCCCCC)c2cccc(Cl)c12. The van der Waals surface area contributed by atoms with Gasteiger partial charge in [-0.2, -0.15) is 0 Å². The van der Waals surface area contributed by atoms with Crippen molar-refractivity contribution in [2.45, 2.75) is 65.2 Å². The van der Waals surface area contributed by atoms with Gasteiger partial charge < -0.3 is 9.47 Å². The van der Waals surface area contributed by atoms with E-state index in [0.29, 0.717) is 23.3 Å². The van der Waals surface area contributed by atoms with E-state index in [1.54, 1.807) is 0 Å². The number of fused-ring (bicyclic) bond motifs is 2. The van der Waals surface area contributed by atoms with Crippen molar-refractivity contribution < 1.29 is 9.47 Å². The Morgan fingerprint density at radius 1 is 0.600 bits per heavy atom. The molecule has 0 fully saturated rings. The molecule has 0 unspecified atom stereocenters. The van der Waals surface area contributed by atoms with E-state index in [2.05, 4.69) is 26.0 Å². The summed E-state index contributed by atoms with van der Waals surface area (Å²) in [6.45, 7) is 5.76. The van der Waals surface area contributed by atoms with Crippen molar-refractivity contribution in [1.82, 2.24) is 0 Å². The second-order valence-electron chi connectivity index (χ2n) is 7.80. The molecule has 0 bridgehead atoms. The summed E-state index contributed by atoms with van der Waals surface area (Å²) in [5.41, 5.74) is 0. The van der Waals surface area contributed by atoms with Gasteiger partial charge in [0.25, 0.3) is 0 Å². The Labute approximate surface area is 190 Å². The Kier molecular flexibility index (Phi) is 8.96. The molecule has 0 aliphatic carbocycles. The third-order valence-corrected chi connectivity index (χ3v) is 6.09. The third-order valence-electron chi connectivity index (χ3n) is 5.46. The zero-order valence-corrected chi connectivity index (χ0v) is 19.6. The molecule has 162 valence electrons. The van der Waals surface area contributed by atoms with E-state index in [0.717, 1.165) is 45.9 Å². The van der Waals surface area contributed by atoms with Gasteiger partial charge in [-0.15, -0.1) is 0 Å². The summed E-state index contributed by atoms with van der Waals surface area (Å²) in [5, 5.41) is 5.09. The lowest BCUT2D eigenvalue weighted by Crippen LogP contribution is -2.03. The Morgan fingerprint density at radius 3 is 1.43 bits per heavy atom. The number of rotatable bonds is 12. The number of halogens is 2. The van der Waals surface area contributed by atoms with Crippen molar-refractivity contribution in [3.63, 3.8) is 0 Å². The van der Waals surface area contributed by atoms with Gasteiger partial charge in [-0.25, -0.2) is 0 Å². The standard InChI is InChI=1S/C26H32Cl2O2/c1-3-5-7-9-17-29-25-19-13-11-16-22(28)24(19)26(30-18-10-8-6-4-2)20-14-12-15-21(27)23(20)25/h11-16H,3-10,17-18H2,1-2H3. The molecule has 0 heterocycles. The summed E-state index contributed by atoms with van der Waals surface area (Å²) in [6.07, 6.45) is 9.24. The fourth-order valence-electron chi connectivity index (χ4n) is 3.86. The normalized spacial score (nSPS) is 11.3. The van der Waals surface area contributed by atoms with E-state index in [-0.39, 0.29) is 0 Å². The van der Waals surface area contributed by atoms with E-state index in [4.69, 9.17) is 32.7 Å². The topological polar surface area (TPSA) is 18.5 Å². The predicted molar refractivity (Wildman–Crippen MR) is 131 cm³/mol. The number of unbranched alkanes of at least 4 members (excludes halogenated alkanes) is 6. The summed E-state index contributed by atoms with van der Waals surface area (Å²) in [5.74, 6) is 1.62. The van der Waals surface area contributed by atoms with Crippen LogP contribution in [0, 0.1) is 0 Å². The molecule has 0 aliphatic heterocycles. The summed E-state index contributed by atoms with van der Waals surface area (Å²) < 4.78 is 12.7. The second kappa shape index (κ2) is 11.7. The van der Waals surface area contributed by atoms with Gasteiger partial charge in [-0.05, 0) is 25.0 Å². The highest BCUT2D eigenvalue weighted by atomic mass is 35.5. The minimum atomic E-state index is 0.666. The summed E-state index contributed by atoms with van der Waals surface area (Å²) in [4.78, 5) is 0. The minimum absolute atomic E-state index is 0.666. The van der Waals surface area contributed by atoms with Crippen molar-refractivity contribution >= 4 is 44.7 Å². The van der Waals surface area contributed by atoms with E-state index in [1.165, 1.54) is 38.5 Å². The molecule has 30 heavy (non-hydrogen) atoms. The molecule has 0 saturated heterocycles. The Hall–Kier alpha value is -1.64. The molecule has 0 saturated carbocycles. The lowest BCUT2D eigenvalue weighted by molar-refractivity contribution is 0.307. The third kappa shape index (κ3) is 5.34. The van der Waals surface area contributed by atoms with Gasteiger partial charge in [0.15, 0.2) is 0 Å². The van der Waals surface area contributed by atoms with Crippen LogP contribution in [0.5, 0.6) is 11.5 Å². The van der Waals surface area contributed by atoms with Crippen molar-refractivity contribution in [3.8, 4) is 11.5 Å². The molecule has 2 nitrogen and oxygen atoms in total. The first-order chi connectivity index (χ1) is 14.7. The van der Waals surface area contributed by atoms with E-state index < -0.39 is 0 Å². The van der Waals surface area contributed by atoms with Crippen molar-refractivity contribution in [1.29, 1.82) is 0 Å².